The number of aliphatic imine (C=N–C) groups is 1. The third kappa shape index (κ3) is 9.81. The lowest BCUT2D eigenvalue weighted by atomic mass is 10.0. The number of aliphatic carboxylic acids is 1. The molecule has 14 heteroatoms. The number of carbonyl (C=O) groups is 4. The zero-order valence-corrected chi connectivity index (χ0v) is 24.4. The maximum Gasteiger partial charge on any atom is 0.328 e. The molecule has 0 saturated heterocycles. The molecule has 1 heterocycles. The average Bonchev–Trinajstić information content (AvgIpc) is 3.39. The number of aliphatic hydroxyl groups excluding tert-OH is 1. The van der Waals surface area contributed by atoms with Gasteiger partial charge in [0.05, 0.1) is 12.1 Å². The predicted octanol–water partition coefficient (Wildman–Crippen LogP) is -0.746. The van der Waals surface area contributed by atoms with Crippen molar-refractivity contribution in [1.29, 1.82) is 0 Å². The van der Waals surface area contributed by atoms with Gasteiger partial charge in [0.2, 0.25) is 17.7 Å². The summed E-state index contributed by atoms with van der Waals surface area (Å²) in [6.07, 6.45) is 1.06. The van der Waals surface area contributed by atoms with Crippen LogP contribution >= 0.6 is 0 Å². The molecule has 0 spiro atoms. The van der Waals surface area contributed by atoms with Crippen LogP contribution in [0.25, 0.3) is 10.9 Å². The third-order valence-electron chi connectivity index (χ3n) is 7.00. The van der Waals surface area contributed by atoms with Crippen LogP contribution in [0, 0.1) is 0 Å². The number of carboxylic acids is 1. The fourth-order valence-electron chi connectivity index (χ4n) is 4.63. The maximum atomic E-state index is 13.7. The van der Waals surface area contributed by atoms with Crippen molar-refractivity contribution in [3.05, 3.63) is 71.9 Å². The van der Waals surface area contributed by atoms with Gasteiger partial charge in [0.15, 0.2) is 12.0 Å². The molecule has 14 nitrogen and oxygen atoms in total. The highest BCUT2D eigenvalue weighted by atomic mass is 16.4. The number of H-pyrrole nitrogens is 1. The number of amides is 3. The van der Waals surface area contributed by atoms with E-state index in [1.807, 2.05) is 30.3 Å². The second-order valence-electron chi connectivity index (χ2n) is 10.5. The first-order chi connectivity index (χ1) is 21.0. The largest absolute Gasteiger partial charge is 0.480 e. The standard InChI is InChI=1S/C30H40N8O6/c1-17(39)25(29(43)44)38-28(42)24(15-19-16-35-22-12-6-5-10-20(19)22)37-27(41)23(14-18-8-3-2-4-9-18)36-26(40)21(31)11-7-13-34-30(32)33/h2-6,8-10,12,16-17,21,23-25,35,39H,7,11,13-15,31H2,1H3,(H,36,40)(H,37,41)(H,38,42)(H,43,44)(H4,32,33,34). The zero-order valence-electron chi connectivity index (χ0n) is 24.4. The number of hydrogen-bond donors (Lipinski definition) is 9. The fraction of sp³-hybridized carbons (Fsp3) is 0.367. The van der Waals surface area contributed by atoms with Crippen LogP contribution in [0.3, 0.4) is 0 Å². The highest BCUT2D eigenvalue weighted by Gasteiger charge is 2.32. The first-order valence-electron chi connectivity index (χ1n) is 14.2. The summed E-state index contributed by atoms with van der Waals surface area (Å²) in [6, 6.07) is 11.4. The smallest absolute Gasteiger partial charge is 0.328 e. The Hall–Kier alpha value is -4.95. The molecule has 0 radical (unpaired) electrons. The maximum absolute atomic E-state index is 13.7. The molecule has 0 aliphatic heterocycles. The van der Waals surface area contributed by atoms with Crippen LogP contribution in [0.1, 0.15) is 30.9 Å². The van der Waals surface area contributed by atoms with E-state index in [-0.39, 0.29) is 31.8 Å². The lowest BCUT2D eigenvalue weighted by Gasteiger charge is -2.26. The van der Waals surface area contributed by atoms with Gasteiger partial charge in [-0.15, -0.1) is 0 Å². The van der Waals surface area contributed by atoms with Crippen molar-refractivity contribution in [2.24, 2.45) is 22.2 Å². The molecule has 0 aliphatic rings. The lowest BCUT2D eigenvalue weighted by molar-refractivity contribution is -0.145. The Bertz CT molecular complexity index is 1450. The molecule has 5 unspecified atom stereocenters. The summed E-state index contributed by atoms with van der Waals surface area (Å²) in [5.74, 6) is -3.59. The summed E-state index contributed by atoms with van der Waals surface area (Å²) in [5.41, 5.74) is 19.0. The van der Waals surface area contributed by atoms with Crippen molar-refractivity contribution < 1.29 is 29.4 Å². The van der Waals surface area contributed by atoms with Gasteiger partial charge in [-0.05, 0) is 37.0 Å². The fourth-order valence-corrected chi connectivity index (χ4v) is 4.63. The molecule has 3 amide bonds. The van der Waals surface area contributed by atoms with Gasteiger partial charge in [-0.25, -0.2) is 4.79 Å². The number of fused-ring (bicyclic) bond motifs is 1. The molecule has 1 aromatic heterocycles. The van der Waals surface area contributed by atoms with Gasteiger partial charge in [-0.3, -0.25) is 19.4 Å². The molecule has 3 aromatic rings. The molecule has 12 N–H and O–H groups in total. The van der Waals surface area contributed by atoms with Gasteiger partial charge >= 0.3 is 5.97 Å². The number of carbonyl (C=O) groups excluding carboxylic acids is 3. The third-order valence-corrected chi connectivity index (χ3v) is 7.00. The molecule has 44 heavy (non-hydrogen) atoms. The van der Waals surface area contributed by atoms with Crippen molar-refractivity contribution in [3.63, 3.8) is 0 Å². The van der Waals surface area contributed by atoms with E-state index in [0.29, 0.717) is 12.0 Å². The van der Waals surface area contributed by atoms with Gasteiger partial charge in [-0.1, -0.05) is 48.5 Å². The molecule has 0 saturated carbocycles. The number of guanidine groups is 1. The number of nitrogens with zero attached hydrogens (tertiary/aromatic N) is 1. The summed E-state index contributed by atoms with van der Waals surface area (Å²) in [7, 11) is 0. The first-order valence-corrected chi connectivity index (χ1v) is 14.2. The number of aromatic amines is 1. The Balaban J connectivity index is 1.85. The SMILES string of the molecule is CC(O)C(NC(=O)C(Cc1c[nH]c2ccccc12)NC(=O)C(Cc1ccccc1)NC(=O)C(N)CCCN=C(N)N)C(=O)O. The number of nitrogens with one attached hydrogen (secondary N) is 4. The number of rotatable bonds is 16. The molecule has 236 valence electrons. The summed E-state index contributed by atoms with van der Waals surface area (Å²) >= 11 is 0. The summed E-state index contributed by atoms with van der Waals surface area (Å²) in [5, 5.41) is 28.0. The highest BCUT2D eigenvalue weighted by Crippen LogP contribution is 2.19. The Morgan fingerprint density at radius 1 is 0.886 bits per heavy atom. The number of aromatic nitrogens is 1. The first kappa shape index (κ1) is 33.6. The van der Waals surface area contributed by atoms with E-state index in [0.717, 1.165) is 16.5 Å². The van der Waals surface area contributed by atoms with Gasteiger partial charge in [0, 0.05) is 36.5 Å². The number of para-hydroxylation sites is 1. The number of nitrogens with two attached hydrogens (primary N) is 3. The summed E-state index contributed by atoms with van der Waals surface area (Å²) in [4.78, 5) is 58.8. The number of carboxylic acid groups (broad SMARTS) is 1. The molecule has 2 aromatic carbocycles. The number of hydrogen-bond acceptors (Lipinski definition) is 7. The zero-order chi connectivity index (χ0) is 32.2. The number of benzene rings is 2. The molecule has 0 fully saturated rings. The Morgan fingerprint density at radius 3 is 2.16 bits per heavy atom. The van der Waals surface area contributed by atoms with Crippen LogP contribution in [0.4, 0.5) is 0 Å². The summed E-state index contributed by atoms with van der Waals surface area (Å²) < 4.78 is 0. The van der Waals surface area contributed by atoms with Gasteiger partial charge in [0.25, 0.3) is 0 Å². The van der Waals surface area contributed by atoms with Crippen LogP contribution in [0.5, 0.6) is 0 Å². The topological polar surface area (TPSA) is 251 Å². The monoisotopic (exact) mass is 608 g/mol. The second-order valence-corrected chi connectivity index (χ2v) is 10.5. The normalized spacial score (nSPS) is 14.4. The van der Waals surface area contributed by atoms with E-state index in [9.17, 15) is 29.4 Å². The van der Waals surface area contributed by atoms with Crippen LogP contribution < -0.4 is 33.2 Å². The Morgan fingerprint density at radius 2 is 1.50 bits per heavy atom. The van der Waals surface area contributed by atoms with E-state index in [1.54, 1.807) is 30.5 Å². The quantitative estimate of drug-likeness (QED) is 0.0563. The van der Waals surface area contributed by atoms with Gasteiger partial charge in [0.1, 0.15) is 12.1 Å². The Labute approximate surface area is 254 Å². The minimum absolute atomic E-state index is 0.00988. The highest BCUT2D eigenvalue weighted by molar-refractivity contribution is 5.95. The van der Waals surface area contributed by atoms with Crippen LogP contribution in [-0.4, -0.2) is 81.7 Å². The molecule has 0 aliphatic carbocycles. The summed E-state index contributed by atoms with van der Waals surface area (Å²) in [6.45, 7) is 1.52. The molecule has 3 rings (SSSR count). The van der Waals surface area contributed by atoms with Crippen molar-refractivity contribution >= 4 is 40.6 Å². The van der Waals surface area contributed by atoms with Gasteiger partial charge in [-0.2, -0.15) is 0 Å². The second kappa shape index (κ2) is 16.0. The van der Waals surface area contributed by atoms with E-state index in [1.165, 1.54) is 6.92 Å². The van der Waals surface area contributed by atoms with Crippen molar-refractivity contribution in [2.75, 3.05) is 6.54 Å². The van der Waals surface area contributed by atoms with Crippen LogP contribution in [0.15, 0.2) is 65.8 Å². The van der Waals surface area contributed by atoms with Crippen molar-refractivity contribution in [3.8, 4) is 0 Å². The van der Waals surface area contributed by atoms with Crippen LogP contribution in [-0.2, 0) is 32.0 Å². The van der Waals surface area contributed by atoms with E-state index in [4.69, 9.17) is 17.2 Å². The van der Waals surface area contributed by atoms with Gasteiger partial charge < -0.3 is 48.3 Å². The Kier molecular flexibility index (Phi) is 12.2. The van der Waals surface area contributed by atoms with E-state index in [2.05, 4.69) is 25.9 Å². The minimum Gasteiger partial charge on any atom is -0.480 e. The van der Waals surface area contributed by atoms with Crippen LogP contribution in [0.2, 0.25) is 0 Å². The number of aliphatic hydroxyl groups is 1. The molecule has 5 atom stereocenters. The lowest BCUT2D eigenvalue weighted by Crippen LogP contribution is -2.59. The average molecular weight is 609 g/mol. The minimum atomic E-state index is -1.61. The molecular formula is C30H40N8O6. The van der Waals surface area contributed by atoms with E-state index < -0.39 is 54.0 Å². The van der Waals surface area contributed by atoms with E-state index >= 15 is 0 Å². The predicted molar refractivity (Wildman–Crippen MR) is 165 cm³/mol. The molecule has 0 bridgehead atoms. The van der Waals surface area contributed by atoms with Crippen molar-refractivity contribution in [2.45, 2.75) is 62.9 Å². The van der Waals surface area contributed by atoms with Crippen molar-refractivity contribution in [1.82, 2.24) is 20.9 Å². The molecular weight excluding hydrogens is 568 g/mol.